The summed E-state index contributed by atoms with van der Waals surface area (Å²) in [6.45, 7) is 0. The lowest BCUT2D eigenvalue weighted by Crippen LogP contribution is -2.14. The molecule has 0 bridgehead atoms. The van der Waals surface area contributed by atoms with Crippen molar-refractivity contribution >= 4 is 35.0 Å². The maximum absolute atomic E-state index is 12.2. The van der Waals surface area contributed by atoms with Crippen LogP contribution < -0.4 is 5.56 Å². The van der Waals surface area contributed by atoms with Gasteiger partial charge in [-0.05, 0) is 29.5 Å². The summed E-state index contributed by atoms with van der Waals surface area (Å²) >= 11 is 13.4. The Labute approximate surface area is 158 Å². The van der Waals surface area contributed by atoms with E-state index in [4.69, 9.17) is 23.2 Å². The molecule has 0 atom stereocenters. The number of aromatic nitrogens is 2. The zero-order valence-electron chi connectivity index (χ0n) is 13.0. The molecular formula is C18H11Cl2N3OS. The second kappa shape index (κ2) is 7.32. The van der Waals surface area contributed by atoms with Crippen molar-refractivity contribution in [2.24, 2.45) is 0 Å². The minimum absolute atomic E-state index is 0.0229. The zero-order chi connectivity index (χ0) is 18.0. The number of H-pyrrole nitrogens is 1. The average Bonchev–Trinajstić information content (AvgIpc) is 2.63. The van der Waals surface area contributed by atoms with Crippen LogP contribution in [0.5, 0.6) is 0 Å². The fraction of sp³-hybridized carbons (Fsp3) is 0.0556. The van der Waals surface area contributed by atoms with Crippen LogP contribution in [-0.4, -0.2) is 16.2 Å². The van der Waals surface area contributed by atoms with E-state index in [9.17, 15) is 10.1 Å². The van der Waals surface area contributed by atoms with E-state index in [0.29, 0.717) is 26.5 Å². The summed E-state index contributed by atoms with van der Waals surface area (Å²) in [6.07, 6.45) is 1.80. The molecule has 0 saturated carbocycles. The first kappa shape index (κ1) is 17.6. The second-order valence-electron chi connectivity index (χ2n) is 5.09. The van der Waals surface area contributed by atoms with Crippen molar-refractivity contribution in [1.82, 2.24) is 9.97 Å². The normalized spacial score (nSPS) is 10.5. The van der Waals surface area contributed by atoms with Crippen molar-refractivity contribution in [2.75, 3.05) is 6.26 Å². The van der Waals surface area contributed by atoms with E-state index >= 15 is 0 Å². The molecule has 0 aliphatic rings. The largest absolute Gasteiger partial charge is 0.300 e. The summed E-state index contributed by atoms with van der Waals surface area (Å²) in [6, 6.07) is 14.7. The van der Waals surface area contributed by atoms with Gasteiger partial charge in [0.05, 0.1) is 15.7 Å². The van der Waals surface area contributed by atoms with Gasteiger partial charge in [-0.3, -0.25) is 4.79 Å². The molecule has 3 rings (SSSR count). The van der Waals surface area contributed by atoms with Crippen molar-refractivity contribution in [2.45, 2.75) is 5.16 Å². The number of benzene rings is 2. The zero-order valence-corrected chi connectivity index (χ0v) is 15.3. The van der Waals surface area contributed by atoms with Gasteiger partial charge >= 0.3 is 0 Å². The van der Waals surface area contributed by atoms with Crippen LogP contribution in [0.25, 0.3) is 22.4 Å². The number of rotatable bonds is 3. The van der Waals surface area contributed by atoms with Crippen LogP contribution in [0.4, 0.5) is 0 Å². The molecule has 25 heavy (non-hydrogen) atoms. The number of aromatic amines is 1. The van der Waals surface area contributed by atoms with Gasteiger partial charge in [0, 0.05) is 5.56 Å². The summed E-state index contributed by atoms with van der Waals surface area (Å²) in [5.74, 6) is 0. The first-order chi connectivity index (χ1) is 12.0. The van der Waals surface area contributed by atoms with E-state index in [1.54, 1.807) is 18.4 Å². The molecule has 0 aliphatic heterocycles. The molecule has 0 amide bonds. The highest BCUT2D eigenvalue weighted by atomic mass is 35.5. The number of thioether (sulfide) groups is 1. The molecule has 2 aromatic carbocycles. The first-order valence-corrected chi connectivity index (χ1v) is 9.16. The van der Waals surface area contributed by atoms with E-state index in [1.807, 2.05) is 36.4 Å². The molecule has 0 aliphatic carbocycles. The quantitative estimate of drug-likeness (QED) is 0.506. The topological polar surface area (TPSA) is 69.5 Å². The number of nitrogens with one attached hydrogen (secondary N) is 1. The predicted molar refractivity (Wildman–Crippen MR) is 102 cm³/mol. The summed E-state index contributed by atoms with van der Waals surface area (Å²) < 4.78 is 0. The summed E-state index contributed by atoms with van der Waals surface area (Å²) in [7, 11) is 0. The molecular weight excluding hydrogens is 377 g/mol. The Hall–Kier alpha value is -2.26. The maximum Gasteiger partial charge on any atom is 0.270 e. The summed E-state index contributed by atoms with van der Waals surface area (Å²) in [4.78, 5) is 19.2. The van der Waals surface area contributed by atoms with Crippen LogP contribution in [0.3, 0.4) is 0 Å². The minimum Gasteiger partial charge on any atom is -0.300 e. The number of nitriles is 1. The highest BCUT2D eigenvalue weighted by Gasteiger charge is 2.17. The highest BCUT2D eigenvalue weighted by molar-refractivity contribution is 7.98. The number of hydrogen-bond acceptors (Lipinski definition) is 4. The van der Waals surface area contributed by atoms with E-state index in [0.717, 1.165) is 11.1 Å². The lowest BCUT2D eigenvalue weighted by Gasteiger charge is -2.12. The molecule has 0 fully saturated rings. The third-order valence-corrected chi connectivity index (χ3v) is 4.93. The third-order valence-electron chi connectivity index (χ3n) is 3.62. The van der Waals surface area contributed by atoms with Crippen LogP contribution in [0.2, 0.25) is 10.0 Å². The molecule has 0 unspecified atom stereocenters. The SMILES string of the molecule is CSc1nc(-c2ccccc2-c2ccc(Cl)c(Cl)c2)c(C#N)c(=O)[nH]1. The van der Waals surface area contributed by atoms with E-state index in [-0.39, 0.29) is 5.56 Å². The fourth-order valence-corrected chi connectivity index (χ4v) is 3.13. The van der Waals surface area contributed by atoms with Crippen LogP contribution in [0.1, 0.15) is 5.56 Å². The van der Waals surface area contributed by atoms with Gasteiger partial charge in [-0.2, -0.15) is 5.26 Å². The predicted octanol–water partition coefficient (Wildman–Crippen LogP) is 5.00. The Bertz CT molecular complexity index is 1060. The minimum atomic E-state index is -0.458. The highest BCUT2D eigenvalue weighted by Crippen LogP contribution is 2.35. The van der Waals surface area contributed by atoms with E-state index in [2.05, 4.69) is 9.97 Å². The molecule has 3 aromatic rings. The van der Waals surface area contributed by atoms with Gasteiger partial charge < -0.3 is 4.98 Å². The molecule has 0 radical (unpaired) electrons. The molecule has 0 spiro atoms. The van der Waals surface area contributed by atoms with E-state index < -0.39 is 5.56 Å². The molecule has 4 nitrogen and oxygen atoms in total. The van der Waals surface area contributed by atoms with Gasteiger partial charge in [0.25, 0.3) is 5.56 Å². The lowest BCUT2D eigenvalue weighted by atomic mass is 9.96. The third kappa shape index (κ3) is 3.42. The van der Waals surface area contributed by atoms with Gasteiger partial charge in [-0.25, -0.2) is 4.98 Å². The molecule has 1 N–H and O–H groups in total. The van der Waals surface area contributed by atoms with Gasteiger partial charge in [-0.1, -0.05) is 65.3 Å². The second-order valence-corrected chi connectivity index (χ2v) is 6.69. The average molecular weight is 388 g/mol. The van der Waals surface area contributed by atoms with Crippen LogP contribution >= 0.6 is 35.0 Å². The van der Waals surface area contributed by atoms with Crippen molar-refractivity contribution in [3.63, 3.8) is 0 Å². The number of halogens is 2. The molecule has 1 aromatic heterocycles. The summed E-state index contributed by atoms with van der Waals surface area (Å²) in [5, 5.41) is 10.7. The van der Waals surface area contributed by atoms with Crippen molar-refractivity contribution in [3.8, 4) is 28.5 Å². The van der Waals surface area contributed by atoms with Gasteiger partial charge in [-0.15, -0.1) is 0 Å². The Morgan fingerprint density at radius 3 is 2.48 bits per heavy atom. The number of hydrogen-bond donors (Lipinski definition) is 1. The van der Waals surface area contributed by atoms with Gasteiger partial charge in [0.15, 0.2) is 5.16 Å². The molecule has 0 saturated heterocycles. The molecule has 7 heteroatoms. The molecule has 1 heterocycles. The van der Waals surface area contributed by atoms with Gasteiger partial charge in [0.1, 0.15) is 11.6 Å². The Kier molecular flexibility index (Phi) is 5.14. The summed E-state index contributed by atoms with van der Waals surface area (Å²) in [5.41, 5.74) is 2.17. The van der Waals surface area contributed by atoms with Crippen molar-refractivity contribution in [3.05, 3.63) is 68.4 Å². The lowest BCUT2D eigenvalue weighted by molar-refractivity contribution is 0.938. The Morgan fingerprint density at radius 2 is 1.84 bits per heavy atom. The molecule has 124 valence electrons. The Morgan fingerprint density at radius 1 is 1.12 bits per heavy atom. The monoisotopic (exact) mass is 387 g/mol. The first-order valence-electron chi connectivity index (χ1n) is 7.18. The van der Waals surface area contributed by atoms with Crippen molar-refractivity contribution < 1.29 is 0 Å². The smallest absolute Gasteiger partial charge is 0.270 e. The standard InChI is InChI=1S/C18H11Cl2N3OS/c1-25-18-22-16(13(9-21)17(24)23-18)12-5-3-2-4-11(12)10-6-7-14(19)15(20)8-10/h2-8H,1H3,(H,22,23,24). The maximum atomic E-state index is 12.2. The Balaban J connectivity index is 2.30. The van der Waals surface area contributed by atoms with E-state index in [1.165, 1.54) is 11.8 Å². The van der Waals surface area contributed by atoms with Gasteiger partial charge in [0.2, 0.25) is 0 Å². The van der Waals surface area contributed by atoms with Crippen LogP contribution in [-0.2, 0) is 0 Å². The fourth-order valence-electron chi connectivity index (χ4n) is 2.45. The van der Waals surface area contributed by atoms with Crippen molar-refractivity contribution in [1.29, 1.82) is 5.26 Å². The van der Waals surface area contributed by atoms with Crippen LogP contribution in [0, 0.1) is 11.3 Å². The van der Waals surface area contributed by atoms with Crippen LogP contribution in [0.15, 0.2) is 52.4 Å². The number of nitrogens with zero attached hydrogens (tertiary/aromatic N) is 2.